The van der Waals surface area contributed by atoms with Gasteiger partial charge in [-0.2, -0.15) is 0 Å². The van der Waals surface area contributed by atoms with Crippen molar-refractivity contribution in [3.05, 3.63) is 108 Å². The van der Waals surface area contributed by atoms with Crippen molar-refractivity contribution < 1.29 is 29.0 Å². The molecule has 0 aliphatic carbocycles. The van der Waals surface area contributed by atoms with Gasteiger partial charge in [-0.25, -0.2) is 9.59 Å². The molecule has 3 N–H and O–H groups in total. The fourth-order valence-electron chi connectivity index (χ4n) is 3.12. The Morgan fingerprint density at radius 1 is 0.706 bits per heavy atom. The minimum absolute atomic E-state index is 0.00597. The molecule has 0 aliphatic heterocycles. The first-order valence-corrected chi connectivity index (χ1v) is 10.7. The second-order valence-electron chi connectivity index (χ2n) is 7.47. The molecule has 0 aliphatic rings. The zero-order valence-corrected chi connectivity index (χ0v) is 18.4. The molecule has 0 bridgehead atoms. The molecular weight excluding hydrogens is 436 g/mol. The average Bonchev–Trinajstić information content (AvgIpc) is 2.86. The molecule has 0 saturated carbocycles. The van der Waals surface area contributed by atoms with Crippen LogP contribution in [0, 0.1) is 0 Å². The minimum atomic E-state index is -1.59. The first-order valence-electron chi connectivity index (χ1n) is 10.7. The van der Waals surface area contributed by atoms with Gasteiger partial charge in [0, 0.05) is 6.42 Å². The number of amides is 2. The molecule has 176 valence electrons. The van der Waals surface area contributed by atoms with Crippen LogP contribution in [-0.4, -0.2) is 35.3 Å². The summed E-state index contributed by atoms with van der Waals surface area (Å²) in [5.74, 6) is -2.06. The van der Waals surface area contributed by atoms with Gasteiger partial charge < -0.3 is 25.2 Å². The van der Waals surface area contributed by atoms with Crippen molar-refractivity contribution in [3.63, 3.8) is 0 Å². The van der Waals surface area contributed by atoms with Gasteiger partial charge in [0.05, 0.1) is 6.61 Å². The number of nitrogens with one attached hydrogen (secondary N) is 2. The van der Waals surface area contributed by atoms with E-state index in [9.17, 15) is 19.5 Å². The third-order valence-corrected chi connectivity index (χ3v) is 4.86. The van der Waals surface area contributed by atoms with E-state index in [4.69, 9.17) is 9.47 Å². The molecular formula is C26H26N2O6. The van der Waals surface area contributed by atoms with E-state index in [2.05, 4.69) is 10.6 Å². The van der Waals surface area contributed by atoms with E-state index in [-0.39, 0.29) is 19.6 Å². The van der Waals surface area contributed by atoms with Crippen molar-refractivity contribution in [2.75, 3.05) is 0 Å². The monoisotopic (exact) mass is 462 g/mol. The number of alkyl carbamates (subject to hydrolysis) is 1. The van der Waals surface area contributed by atoms with Crippen LogP contribution >= 0.6 is 0 Å². The van der Waals surface area contributed by atoms with E-state index in [1.54, 1.807) is 48.5 Å². The van der Waals surface area contributed by atoms with Gasteiger partial charge >= 0.3 is 12.1 Å². The Kier molecular flexibility index (Phi) is 9.19. The maximum absolute atomic E-state index is 13.0. The fraction of sp³-hybridized carbons (Fsp3) is 0.192. The summed E-state index contributed by atoms with van der Waals surface area (Å²) in [5.41, 5.74) is 2.33. The number of carbonyl (C=O) groups excluding carboxylic acids is 2. The zero-order valence-electron chi connectivity index (χ0n) is 18.4. The lowest BCUT2D eigenvalue weighted by Gasteiger charge is -2.21. The Morgan fingerprint density at radius 3 is 1.74 bits per heavy atom. The Bertz CT molecular complexity index is 1060. The van der Waals surface area contributed by atoms with Crippen molar-refractivity contribution in [1.29, 1.82) is 0 Å². The molecule has 34 heavy (non-hydrogen) atoms. The van der Waals surface area contributed by atoms with Crippen molar-refractivity contribution in [2.24, 2.45) is 0 Å². The van der Waals surface area contributed by atoms with Crippen LogP contribution in [0.25, 0.3) is 0 Å². The van der Waals surface area contributed by atoms with Crippen molar-refractivity contribution in [1.82, 2.24) is 10.6 Å². The average molecular weight is 463 g/mol. The van der Waals surface area contributed by atoms with Crippen molar-refractivity contribution in [2.45, 2.75) is 31.9 Å². The SMILES string of the molecule is O=C(N[C@@H](Cc1ccccc1)C(=O)NC(OCc1ccccc1)C(=O)O)OCc1ccccc1. The summed E-state index contributed by atoms with van der Waals surface area (Å²) in [4.78, 5) is 37.0. The molecule has 3 aromatic carbocycles. The molecule has 3 aromatic rings. The van der Waals surface area contributed by atoms with E-state index >= 15 is 0 Å². The highest BCUT2D eigenvalue weighted by molar-refractivity contribution is 5.89. The molecule has 0 saturated heterocycles. The fourth-order valence-corrected chi connectivity index (χ4v) is 3.12. The Balaban J connectivity index is 1.64. The quantitative estimate of drug-likeness (QED) is 0.377. The number of carboxylic acid groups (broad SMARTS) is 1. The zero-order chi connectivity index (χ0) is 24.2. The van der Waals surface area contributed by atoms with Gasteiger partial charge in [-0.05, 0) is 16.7 Å². The van der Waals surface area contributed by atoms with Crippen LogP contribution < -0.4 is 10.6 Å². The summed E-state index contributed by atoms with van der Waals surface area (Å²) >= 11 is 0. The van der Waals surface area contributed by atoms with Crippen LogP contribution in [0.15, 0.2) is 91.0 Å². The molecule has 2 amide bonds. The summed E-state index contributed by atoms with van der Waals surface area (Å²) in [6.45, 7) is 0.0261. The molecule has 1 unspecified atom stereocenters. The van der Waals surface area contributed by atoms with Gasteiger partial charge in [0.2, 0.25) is 12.1 Å². The Morgan fingerprint density at radius 2 is 1.21 bits per heavy atom. The second kappa shape index (κ2) is 12.8. The first-order chi connectivity index (χ1) is 16.5. The highest BCUT2D eigenvalue weighted by Crippen LogP contribution is 2.07. The Labute approximate surface area is 197 Å². The molecule has 2 atom stereocenters. The van der Waals surface area contributed by atoms with Crippen LogP contribution in [0.2, 0.25) is 0 Å². The lowest BCUT2D eigenvalue weighted by Crippen LogP contribution is -2.53. The van der Waals surface area contributed by atoms with Crippen molar-refractivity contribution in [3.8, 4) is 0 Å². The number of aliphatic carboxylic acids is 1. The maximum atomic E-state index is 13.0. The lowest BCUT2D eigenvalue weighted by molar-refractivity contribution is -0.157. The normalized spacial score (nSPS) is 12.2. The Hall–Kier alpha value is -4.17. The number of hydrogen-bond acceptors (Lipinski definition) is 5. The predicted molar refractivity (Wildman–Crippen MR) is 124 cm³/mol. The summed E-state index contributed by atoms with van der Waals surface area (Å²) in [6.07, 6.45) is -2.25. The van der Waals surface area contributed by atoms with Crippen LogP contribution in [0.5, 0.6) is 0 Å². The van der Waals surface area contributed by atoms with E-state index in [0.29, 0.717) is 0 Å². The topological polar surface area (TPSA) is 114 Å². The highest BCUT2D eigenvalue weighted by atomic mass is 16.5. The number of rotatable bonds is 11. The van der Waals surface area contributed by atoms with E-state index < -0.39 is 30.2 Å². The molecule has 3 rings (SSSR count). The summed E-state index contributed by atoms with van der Waals surface area (Å²) in [6, 6.07) is 26.1. The number of benzene rings is 3. The third-order valence-electron chi connectivity index (χ3n) is 4.86. The van der Waals surface area contributed by atoms with Crippen LogP contribution in [0.3, 0.4) is 0 Å². The molecule has 0 spiro atoms. The van der Waals surface area contributed by atoms with Crippen molar-refractivity contribution >= 4 is 18.0 Å². The standard InChI is InChI=1S/C26H26N2O6/c29-23(28-24(25(30)31)33-17-20-12-6-2-7-13-20)22(16-19-10-4-1-5-11-19)27-26(32)34-18-21-14-8-3-9-15-21/h1-15,22,24H,16-18H2,(H,27,32)(H,28,29)(H,30,31)/t22-,24?/m0/s1. The van der Waals surface area contributed by atoms with E-state index in [1.807, 2.05) is 42.5 Å². The smallest absolute Gasteiger partial charge is 0.408 e. The highest BCUT2D eigenvalue weighted by Gasteiger charge is 2.28. The summed E-state index contributed by atoms with van der Waals surface area (Å²) in [5, 5.41) is 14.4. The van der Waals surface area contributed by atoms with Gasteiger partial charge in [-0.15, -0.1) is 0 Å². The van der Waals surface area contributed by atoms with Crippen LogP contribution in [0.4, 0.5) is 4.79 Å². The van der Waals surface area contributed by atoms with Gasteiger partial charge in [0.1, 0.15) is 12.6 Å². The van der Waals surface area contributed by atoms with Gasteiger partial charge in [0.25, 0.3) is 0 Å². The first kappa shape index (κ1) is 24.5. The molecule has 0 radical (unpaired) electrons. The largest absolute Gasteiger partial charge is 0.478 e. The molecule has 0 heterocycles. The summed E-state index contributed by atoms with van der Waals surface area (Å²) < 4.78 is 10.6. The van der Waals surface area contributed by atoms with Gasteiger partial charge in [0.15, 0.2) is 0 Å². The predicted octanol–water partition coefficient (Wildman–Crippen LogP) is 3.27. The van der Waals surface area contributed by atoms with E-state index in [0.717, 1.165) is 16.7 Å². The number of ether oxygens (including phenoxy) is 2. The number of hydrogen-bond donors (Lipinski definition) is 3. The van der Waals surface area contributed by atoms with Crippen LogP contribution in [-0.2, 0) is 38.7 Å². The van der Waals surface area contributed by atoms with Gasteiger partial charge in [-0.3, -0.25) is 4.79 Å². The second-order valence-corrected chi connectivity index (χ2v) is 7.47. The van der Waals surface area contributed by atoms with Gasteiger partial charge in [-0.1, -0.05) is 91.0 Å². The minimum Gasteiger partial charge on any atom is -0.478 e. The molecule has 8 heteroatoms. The van der Waals surface area contributed by atoms with Crippen LogP contribution in [0.1, 0.15) is 16.7 Å². The third kappa shape index (κ3) is 8.07. The lowest BCUT2D eigenvalue weighted by atomic mass is 10.1. The molecule has 0 aromatic heterocycles. The number of carbonyl (C=O) groups is 3. The maximum Gasteiger partial charge on any atom is 0.408 e. The number of carboxylic acids is 1. The molecule has 8 nitrogen and oxygen atoms in total. The summed E-state index contributed by atoms with van der Waals surface area (Å²) in [7, 11) is 0. The van der Waals surface area contributed by atoms with E-state index in [1.165, 1.54) is 0 Å². The molecule has 0 fully saturated rings.